The van der Waals surface area contributed by atoms with Crippen molar-refractivity contribution in [2.24, 2.45) is 0 Å². The zero-order valence-corrected chi connectivity index (χ0v) is 17.3. The van der Waals surface area contributed by atoms with Gasteiger partial charge in [-0.3, -0.25) is 4.79 Å². The van der Waals surface area contributed by atoms with Crippen molar-refractivity contribution >= 4 is 27.5 Å². The lowest BCUT2D eigenvalue weighted by atomic mass is 10.1. The minimum Gasteiger partial charge on any atom is -0.508 e. The molecule has 1 fully saturated rings. The molecule has 0 spiro atoms. The number of nitrogens with one attached hydrogen (secondary N) is 1. The van der Waals surface area contributed by atoms with Gasteiger partial charge in [0, 0.05) is 18.8 Å². The van der Waals surface area contributed by atoms with Crippen LogP contribution in [0.15, 0.2) is 34.4 Å². The summed E-state index contributed by atoms with van der Waals surface area (Å²) in [5.74, 6) is -1.86. The molecule has 9 nitrogen and oxygen atoms in total. The summed E-state index contributed by atoms with van der Waals surface area (Å²) in [5, 5.41) is 17.5. The van der Waals surface area contributed by atoms with Gasteiger partial charge in [0.15, 0.2) is 5.78 Å². The molecule has 1 aliphatic heterocycles. The highest BCUT2D eigenvalue weighted by atomic mass is 32.2. The number of aliphatic hydroxyl groups is 1. The van der Waals surface area contributed by atoms with E-state index in [0.717, 1.165) is 12.8 Å². The number of ether oxygens (including phenoxy) is 2. The first-order chi connectivity index (χ1) is 13.6. The van der Waals surface area contributed by atoms with Crippen molar-refractivity contribution in [3.8, 4) is 5.75 Å². The third-order valence-electron chi connectivity index (χ3n) is 4.44. The number of hydrogen-bond acceptors (Lipinski definition) is 8. The van der Waals surface area contributed by atoms with E-state index in [0.29, 0.717) is 13.1 Å². The number of carbonyl (C=O) groups is 2. The summed E-state index contributed by atoms with van der Waals surface area (Å²) in [5.41, 5.74) is -0.438. The van der Waals surface area contributed by atoms with E-state index in [1.807, 2.05) is 0 Å². The van der Waals surface area contributed by atoms with Crippen LogP contribution in [0.4, 0.5) is 0 Å². The van der Waals surface area contributed by atoms with Crippen molar-refractivity contribution in [2.75, 3.05) is 26.8 Å². The summed E-state index contributed by atoms with van der Waals surface area (Å²) in [6, 6.07) is 3.87. The van der Waals surface area contributed by atoms with Gasteiger partial charge in [0.25, 0.3) is 0 Å². The van der Waals surface area contributed by atoms with Crippen LogP contribution in [0.1, 0.15) is 37.0 Å². The molecule has 10 heteroatoms. The minimum absolute atomic E-state index is 0.0488. The molecule has 0 radical (unpaired) electrons. The Morgan fingerprint density at radius 2 is 1.83 bits per heavy atom. The molecule has 1 aliphatic rings. The molecule has 0 unspecified atom stereocenters. The Labute approximate surface area is 169 Å². The predicted octanol–water partition coefficient (Wildman–Crippen LogP) is 2.08. The summed E-state index contributed by atoms with van der Waals surface area (Å²) >= 11 is 0. The Kier molecular flexibility index (Phi) is 7.15. The largest absolute Gasteiger partial charge is 0.508 e. The van der Waals surface area contributed by atoms with E-state index in [2.05, 4.69) is 0 Å². The maximum Gasteiger partial charge on any atom is 0.338 e. The van der Waals surface area contributed by atoms with Gasteiger partial charge in [0.1, 0.15) is 23.0 Å². The quantitative estimate of drug-likeness (QED) is 0.282. The van der Waals surface area contributed by atoms with Crippen molar-refractivity contribution in [3.63, 3.8) is 0 Å². The van der Waals surface area contributed by atoms with Gasteiger partial charge in [-0.15, -0.1) is 0 Å². The number of carbonyl (C=O) groups excluding carboxylic acids is 2. The summed E-state index contributed by atoms with van der Waals surface area (Å²) in [7, 11) is -2.50. The number of Topliss-reactive ketones (excluding diaryl/α,β-unsaturated/α-hetero) is 1. The number of benzene rings is 1. The number of sulfonamides is 1. The lowest BCUT2D eigenvalue weighted by Crippen LogP contribution is -2.28. The van der Waals surface area contributed by atoms with E-state index >= 15 is 0 Å². The average molecular weight is 424 g/mol. The molecular weight excluding hydrogens is 400 g/mol. The standard InChI is InChI=1S/C19H24N2O7S/c1-12(20)18(13(2)22)15(23)11-28-19(24)14-6-7-16(27-3)17(10-14)29(25,26)21-8-4-5-9-21/h6-7,10,20,23H,4-5,8-9,11H2,1-3H3/b18-15-,20-12?. The highest BCUT2D eigenvalue weighted by Gasteiger charge is 2.31. The molecule has 0 amide bonds. The third-order valence-corrected chi connectivity index (χ3v) is 6.36. The highest BCUT2D eigenvalue weighted by Crippen LogP contribution is 2.30. The number of hydrogen-bond donors (Lipinski definition) is 2. The number of rotatable bonds is 8. The first kappa shape index (κ1) is 22.6. The van der Waals surface area contributed by atoms with Crippen LogP contribution in [0.3, 0.4) is 0 Å². The molecule has 2 rings (SSSR count). The molecule has 0 bridgehead atoms. The van der Waals surface area contributed by atoms with Crippen molar-refractivity contribution < 1.29 is 32.6 Å². The number of methoxy groups -OCH3 is 1. The Bertz CT molecular complexity index is 945. The topological polar surface area (TPSA) is 134 Å². The van der Waals surface area contributed by atoms with Crippen molar-refractivity contribution in [1.82, 2.24) is 4.31 Å². The number of ketones is 1. The molecule has 1 heterocycles. The molecule has 158 valence electrons. The fourth-order valence-corrected chi connectivity index (χ4v) is 4.74. The Balaban J connectivity index is 2.29. The van der Waals surface area contributed by atoms with Gasteiger partial charge < -0.3 is 20.0 Å². The molecule has 29 heavy (non-hydrogen) atoms. The summed E-state index contributed by atoms with van der Waals surface area (Å²) in [6.45, 7) is 2.69. The fraction of sp³-hybridized carbons (Fsp3) is 0.421. The number of allylic oxidation sites excluding steroid dienone is 1. The summed E-state index contributed by atoms with van der Waals surface area (Å²) in [4.78, 5) is 23.7. The third kappa shape index (κ3) is 5.01. The van der Waals surface area contributed by atoms with Crippen LogP contribution in [0.2, 0.25) is 0 Å². The van der Waals surface area contributed by atoms with Gasteiger partial charge in [-0.2, -0.15) is 4.31 Å². The van der Waals surface area contributed by atoms with E-state index in [4.69, 9.17) is 14.9 Å². The molecule has 0 aromatic heterocycles. The molecule has 1 aromatic rings. The van der Waals surface area contributed by atoms with Crippen molar-refractivity contribution in [1.29, 1.82) is 5.41 Å². The second kappa shape index (κ2) is 9.19. The van der Waals surface area contributed by atoms with E-state index in [-0.39, 0.29) is 27.5 Å². The predicted molar refractivity (Wildman–Crippen MR) is 105 cm³/mol. The smallest absolute Gasteiger partial charge is 0.338 e. The number of aliphatic hydroxyl groups excluding tert-OH is 1. The SMILES string of the molecule is COc1ccc(C(=O)OC/C(O)=C(\C(C)=N)C(C)=O)cc1S(=O)(=O)N1CCCC1. The van der Waals surface area contributed by atoms with Crippen LogP contribution in [0, 0.1) is 5.41 Å². The van der Waals surface area contributed by atoms with Gasteiger partial charge in [-0.1, -0.05) is 0 Å². The molecule has 0 aliphatic carbocycles. The Morgan fingerprint density at radius 1 is 1.21 bits per heavy atom. The van der Waals surface area contributed by atoms with Crippen LogP contribution >= 0.6 is 0 Å². The van der Waals surface area contributed by atoms with E-state index in [9.17, 15) is 23.1 Å². The average Bonchev–Trinajstić information content (AvgIpc) is 3.20. The zero-order valence-electron chi connectivity index (χ0n) is 16.5. The van der Waals surface area contributed by atoms with Gasteiger partial charge in [-0.05, 0) is 44.9 Å². The molecule has 1 aromatic carbocycles. The van der Waals surface area contributed by atoms with Crippen molar-refractivity contribution in [3.05, 3.63) is 35.1 Å². The molecule has 0 saturated carbocycles. The molecular formula is C19H24N2O7S. The molecule has 1 saturated heterocycles. The second-order valence-corrected chi connectivity index (χ2v) is 8.46. The maximum absolute atomic E-state index is 12.9. The van der Waals surface area contributed by atoms with E-state index < -0.39 is 34.1 Å². The summed E-state index contributed by atoms with van der Waals surface area (Å²) < 4.78 is 37.2. The zero-order chi connectivity index (χ0) is 21.8. The summed E-state index contributed by atoms with van der Waals surface area (Å²) in [6.07, 6.45) is 1.53. The van der Waals surface area contributed by atoms with Gasteiger partial charge in [0.05, 0.1) is 18.2 Å². The van der Waals surface area contributed by atoms with Crippen LogP contribution in [0.25, 0.3) is 0 Å². The van der Waals surface area contributed by atoms with Crippen LogP contribution in [0.5, 0.6) is 5.75 Å². The highest BCUT2D eigenvalue weighted by molar-refractivity contribution is 7.89. The number of nitrogens with zero attached hydrogens (tertiary/aromatic N) is 1. The first-order valence-electron chi connectivity index (χ1n) is 8.93. The van der Waals surface area contributed by atoms with Crippen LogP contribution in [-0.2, 0) is 19.6 Å². The van der Waals surface area contributed by atoms with Gasteiger partial charge >= 0.3 is 5.97 Å². The molecule has 0 atom stereocenters. The van der Waals surface area contributed by atoms with Crippen molar-refractivity contribution in [2.45, 2.75) is 31.6 Å². The second-order valence-electron chi connectivity index (χ2n) is 6.56. The normalized spacial score (nSPS) is 15.6. The monoisotopic (exact) mass is 424 g/mol. The molecule has 2 N–H and O–H groups in total. The van der Waals surface area contributed by atoms with E-state index in [1.54, 1.807) is 0 Å². The maximum atomic E-state index is 12.9. The fourth-order valence-electron chi connectivity index (χ4n) is 3.05. The van der Waals surface area contributed by atoms with Crippen LogP contribution < -0.4 is 4.74 Å². The Hall–Kier alpha value is -2.72. The number of esters is 1. The lowest BCUT2D eigenvalue weighted by molar-refractivity contribution is -0.113. The van der Waals surface area contributed by atoms with E-state index in [1.165, 1.54) is 43.5 Å². The van der Waals surface area contributed by atoms with Gasteiger partial charge in [0.2, 0.25) is 10.0 Å². The van der Waals surface area contributed by atoms with Gasteiger partial charge in [-0.25, -0.2) is 13.2 Å². The minimum atomic E-state index is -3.84. The first-order valence-corrected chi connectivity index (χ1v) is 10.4. The van der Waals surface area contributed by atoms with Crippen LogP contribution in [-0.4, -0.2) is 62.1 Å². The lowest BCUT2D eigenvalue weighted by Gasteiger charge is -2.18. The Morgan fingerprint density at radius 3 is 2.34 bits per heavy atom.